The summed E-state index contributed by atoms with van der Waals surface area (Å²) in [6.07, 6.45) is 8.09. The zero-order valence-corrected chi connectivity index (χ0v) is 18.5. The number of alkyl halides is 1. The van der Waals surface area contributed by atoms with Crippen LogP contribution in [-0.2, 0) is 14.3 Å². The summed E-state index contributed by atoms with van der Waals surface area (Å²) in [7, 11) is 2.05. The lowest BCUT2D eigenvalue weighted by atomic mass is 9.47. The maximum atomic E-state index is 12.3. The van der Waals surface area contributed by atoms with Crippen LogP contribution in [0.2, 0.25) is 0 Å². The fourth-order valence-electron chi connectivity index (χ4n) is 8.22. The molecule has 8 atom stereocenters. The standard InChI is InChI=1S/C22H34BrNO3/c1-21-9-7-18(25)24(3)17(21)5-4-13-14(21)6-8-22(2)15(13)12-16(23)19(22)20-26-10-11-27-20/h13-17,19-20H,4-12H2,1-3H3/t13-,14-,15+,16?,17?,19?,21-,22+/m1/s1. The van der Waals surface area contributed by atoms with Crippen molar-refractivity contribution in [3.05, 3.63) is 0 Å². The number of piperidine rings is 1. The van der Waals surface area contributed by atoms with Gasteiger partial charge >= 0.3 is 0 Å². The third-order valence-electron chi connectivity index (χ3n) is 9.57. The first-order valence-corrected chi connectivity index (χ1v) is 11.9. The fourth-order valence-corrected chi connectivity index (χ4v) is 9.48. The zero-order valence-electron chi connectivity index (χ0n) is 17.0. The minimum Gasteiger partial charge on any atom is -0.350 e. The summed E-state index contributed by atoms with van der Waals surface area (Å²) < 4.78 is 12.0. The van der Waals surface area contributed by atoms with E-state index in [1.807, 2.05) is 7.05 Å². The van der Waals surface area contributed by atoms with Crippen molar-refractivity contribution in [3.8, 4) is 0 Å². The monoisotopic (exact) mass is 439 g/mol. The Bertz CT molecular complexity index is 623. The van der Waals surface area contributed by atoms with Crippen LogP contribution < -0.4 is 0 Å². The van der Waals surface area contributed by atoms with Gasteiger partial charge in [-0.05, 0) is 67.1 Å². The molecule has 0 aromatic heterocycles. The number of nitrogens with zero attached hydrogens (tertiary/aromatic N) is 1. The van der Waals surface area contributed by atoms with Crippen molar-refractivity contribution in [2.24, 2.45) is 34.5 Å². The molecule has 0 aromatic carbocycles. The molecule has 0 aromatic rings. The van der Waals surface area contributed by atoms with Crippen LogP contribution >= 0.6 is 15.9 Å². The molecule has 5 rings (SSSR count). The number of amides is 1. The summed E-state index contributed by atoms with van der Waals surface area (Å²) in [5.41, 5.74) is 0.608. The summed E-state index contributed by atoms with van der Waals surface area (Å²) in [6.45, 7) is 6.51. The van der Waals surface area contributed by atoms with Gasteiger partial charge in [-0.3, -0.25) is 4.79 Å². The van der Waals surface area contributed by atoms with E-state index in [0.717, 1.165) is 43.8 Å². The van der Waals surface area contributed by atoms with E-state index < -0.39 is 0 Å². The molecule has 3 aliphatic carbocycles. The quantitative estimate of drug-likeness (QED) is 0.574. The van der Waals surface area contributed by atoms with Gasteiger partial charge in [0.25, 0.3) is 0 Å². The lowest BCUT2D eigenvalue weighted by Crippen LogP contribution is -2.61. The van der Waals surface area contributed by atoms with Crippen molar-refractivity contribution in [2.45, 2.75) is 76.0 Å². The van der Waals surface area contributed by atoms with Crippen molar-refractivity contribution in [1.29, 1.82) is 0 Å². The summed E-state index contributed by atoms with van der Waals surface area (Å²) in [6, 6.07) is 0.447. The zero-order chi connectivity index (χ0) is 19.0. The highest BCUT2D eigenvalue weighted by Crippen LogP contribution is 2.67. The number of hydrogen-bond donors (Lipinski definition) is 0. The van der Waals surface area contributed by atoms with Crippen LogP contribution in [0.1, 0.15) is 58.8 Å². The predicted molar refractivity (Wildman–Crippen MR) is 107 cm³/mol. The average molecular weight is 440 g/mol. The molecule has 0 spiro atoms. The first-order chi connectivity index (χ1) is 12.9. The summed E-state index contributed by atoms with van der Waals surface area (Å²) in [5.74, 6) is 3.12. The minimum absolute atomic E-state index is 0.0220. The Hall–Kier alpha value is -0.130. The van der Waals surface area contributed by atoms with E-state index in [1.54, 1.807) is 0 Å². The second-order valence-electron chi connectivity index (χ2n) is 10.4. The molecule has 5 heteroatoms. The first kappa shape index (κ1) is 18.9. The van der Waals surface area contributed by atoms with Crippen molar-refractivity contribution in [1.82, 2.24) is 4.90 Å². The molecular weight excluding hydrogens is 406 g/mol. The van der Waals surface area contributed by atoms with Gasteiger partial charge in [-0.25, -0.2) is 0 Å². The van der Waals surface area contributed by atoms with Crippen LogP contribution in [0.5, 0.6) is 0 Å². The molecule has 3 saturated carbocycles. The summed E-state index contributed by atoms with van der Waals surface area (Å²) in [5, 5.41) is 0. The molecule has 0 radical (unpaired) electrons. The summed E-state index contributed by atoms with van der Waals surface area (Å²) >= 11 is 4.04. The van der Waals surface area contributed by atoms with Crippen molar-refractivity contribution >= 4 is 21.8 Å². The third-order valence-corrected chi connectivity index (χ3v) is 10.5. The molecular formula is C22H34BrNO3. The molecule has 1 amide bonds. The maximum Gasteiger partial charge on any atom is 0.222 e. The molecule has 0 N–H and O–H groups in total. The van der Waals surface area contributed by atoms with Crippen LogP contribution in [0.3, 0.4) is 0 Å². The molecule has 0 bridgehead atoms. The Morgan fingerprint density at radius 3 is 2.52 bits per heavy atom. The highest BCUT2D eigenvalue weighted by atomic mass is 79.9. The van der Waals surface area contributed by atoms with Crippen LogP contribution in [0, 0.1) is 34.5 Å². The Morgan fingerprint density at radius 2 is 1.78 bits per heavy atom. The molecule has 4 nitrogen and oxygen atoms in total. The predicted octanol–water partition coefficient (Wildman–Crippen LogP) is 4.21. The largest absolute Gasteiger partial charge is 0.350 e. The van der Waals surface area contributed by atoms with Gasteiger partial charge in [0, 0.05) is 30.3 Å². The fraction of sp³-hybridized carbons (Fsp3) is 0.955. The van der Waals surface area contributed by atoms with Gasteiger partial charge in [-0.15, -0.1) is 0 Å². The highest BCUT2D eigenvalue weighted by Gasteiger charge is 2.64. The Morgan fingerprint density at radius 1 is 1.04 bits per heavy atom. The van der Waals surface area contributed by atoms with E-state index >= 15 is 0 Å². The lowest BCUT2D eigenvalue weighted by molar-refractivity contribution is -0.167. The number of rotatable bonds is 1. The van der Waals surface area contributed by atoms with Gasteiger partial charge in [0.2, 0.25) is 5.91 Å². The molecule has 2 aliphatic heterocycles. The number of hydrogen-bond acceptors (Lipinski definition) is 3. The molecule has 152 valence electrons. The molecule has 5 fully saturated rings. The Labute approximate surface area is 171 Å². The van der Waals surface area contributed by atoms with E-state index in [9.17, 15) is 4.79 Å². The van der Waals surface area contributed by atoms with Gasteiger partial charge < -0.3 is 14.4 Å². The van der Waals surface area contributed by atoms with Gasteiger partial charge in [0.05, 0.1) is 13.2 Å². The molecule has 2 saturated heterocycles. The van der Waals surface area contributed by atoms with Crippen LogP contribution in [0.4, 0.5) is 0 Å². The van der Waals surface area contributed by atoms with Gasteiger partial charge in [-0.1, -0.05) is 29.8 Å². The van der Waals surface area contributed by atoms with Crippen molar-refractivity contribution < 1.29 is 14.3 Å². The normalized spacial score (nSPS) is 53.2. The number of ether oxygens (including phenoxy) is 2. The number of carbonyl (C=O) groups excluding carboxylic acids is 1. The molecule has 27 heavy (non-hydrogen) atoms. The van der Waals surface area contributed by atoms with Crippen LogP contribution in [0.25, 0.3) is 0 Å². The minimum atomic E-state index is -0.0220. The van der Waals surface area contributed by atoms with E-state index in [0.29, 0.717) is 33.5 Å². The van der Waals surface area contributed by atoms with Crippen molar-refractivity contribution in [2.75, 3.05) is 20.3 Å². The lowest BCUT2D eigenvalue weighted by Gasteiger charge is -2.61. The third kappa shape index (κ3) is 2.56. The van der Waals surface area contributed by atoms with E-state index in [-0.39, 0.29) is 6.29 Å². The Kier molecular flexibility index (Phi) is 4.50. The van der Waals surface area contributed by atoms with E-state index in [2.05, 4.69) is 34.7 Å². The highest BCUT2D eigenvalue weighted by molar-refractivity contribution is 9.09. The molecule has 2 heterocycles. The second-order valence-corrected chi connectivity index (χ2v) is 11.6. The van der Waals surface area contributed by atoms with Crippen molar-refractivity contribution in [3.63, 3.8) is 0 Å². The number of carbonyl (C=O) groups is 1. The number of halogens is 1. The van der Waals surface area contributed by atoms with Crippen LogP contribution in [-0.4, -0.2) is 48.2 Å². The number of likely N-dealkylation sites (tertiary alicyclic amines) is 1. The van der Waals surface area contributed by atoms with Crippen LogP contribution in [0.15, 0.2) is 0 Å². The molecule has 5 aliphatic rings. The summed E-state index contributed by atoms with van der Waals surface area (Å²) in [4.78, 5) is 14.9. The second kappa shape index (κ2) is 6.43. The van der Waals surface area contributed by atoms with Gasteiger partial charge in [0.1, 0.15) is 0 Å². The van der Waals surface area contributed by atoms with Gasteiger partial charge in [-0.2, -0.15) is 0 Å². The maximum absolute atomic E-state index is 12.3. The SMILES string of the molecule is CN1C(=O)CC[C@@]2(C)C1CC[C@@H]1[C@H]2CC[C@]2(C)C(C3OCCO3)C(Br)C[C@@H]12. The van der Waals surface area contributed by atoms with E-state index in [1.165, 1.54) is 32.1 Å². The smallest absolute Gasteiger partial charge is 0.222 e. The van der Waals surface area contributed by atoms with Gasteiger partial charge in [0.15, 0.2) is 6.29 Å². The topological polar surface area (TPSA) is 38.8 Å². The molecule has 3 unspecified atom stereocenters. The Balaban J connectivity index is 1.44. The number of fused-ring (bicyclic) bond motifs is 5. The first-order valence-electron chi connectivity index (χ1n) is 11.0. The average Bonchev–Trinajstić information content (AvgIpc) is 3.23. The van der Waals surface area contributed by atoms with E-state index in [4.69, 9.17) is 9.47 Å².